The van der Waals surface area contributed by atoms with Crippen LogP contribution in [0.3, 0.4) is 0 Å². The molecule has 0 radical (unpaired) electrons. The fourth-order valence-corrected chi connectivity index (χ4v) is 5.19. The van der Waals surface area contributed by atoms with Crippen molar-refractivity contribution in [2.75, 3.05) is 6.79 Å². The molecule has 2 aromatic heterocycles. The second kappa shape index (κ2) is 9.24. The minimum atomic E-state index is -0.585. The molecule has 7 nitrogen and oxygen atoms in total. The van der Waals surface area contributed by atoms with E-state index < -0.39 is 11.3 Å². The lowest BCUT2D eigenvalue weighted by atomic mass is 10.0. The van der Waals surface area contributed by atoms with Crippen LogP contribution in [0.5, 0.6) is 11.5 Å². The molecule has 180 valence electrons. The number of benzene rings is 3. The van der Waals surface area contributed by atoms with Gasteiger partial charge in [0.15, 0.2) is 6.79 Å². The monoisotopic (exact) mass is 610 g/mol. The Labute approximate surface area is 220 Å². The van der Waals surface area contributed by atoms with E-state index in [9.17, 15) is 9.59 Å². The van der Waals surface area contributed by atoms with Gasteiger partial charge in [0.25, 0.3) is 0 Å². The molecule has 1 aliphatic heterocycles. The maximum Gasteiger partial charge on any atom is 0.344 e. The summed E-state index contributed by atoms with van der Waals surface area (Å²) in [4.78, 5) is 25.2. The molecule has 0 amide bonds. The highest BCUT2D eigenvalue weighted by Crippen LogP contribution is 2.34. The summed E-state index contributed by atoms with van der Waals surface area (Å²) in [5.41, 5.74) is 2.12. The number of fused-ring (bicyclic) bond motifs is 3. The van der Waals surface area contributed by atoms with Gasteiger partial charge in [-0.3, -0.25) is 0 Å². The summed E-state index contributed by atoms with van der Waals surface area (Å²) < 4.78 is 29.7. The molecule has 0 unspecified atom stereocenters. The zero-order valence-corrected chi connectivity index (χ0v) is 21.7. The Balaban J connectivity index is 1.38. The van der Waals surface area contributed by atoms with E-state index in [0.29, 0.717) is 34.5 Å². The van der Waals surface area contributed by atoms with E-state index in [2.05, 4.69) is 31.9 Å². The standard InChI is InChI=1S/C27H16Br2O7/c28-17-1-4-23-14(5-17)8-22(27(31)36-23)21-10-25(30)35-24-9-19(2-3-20(21)24)33-12-16-7-18(29)6-15-11-32-13-34-26(15)16/h1-10H,11-13H2. The van der Waals surface area contributed by atoms with Crippen LogP contribution in [0.1, 0.15) is 11.1 Å². The summed E-state index contributed by atoms with van der Waals surface area (Å²) in [6, 6.07) is 17.4. The van der Waals surface area contributed by atoms with Crippen molar-refractivity contribution in [2.45, 2.75) is 13.2 Å². The summed E-state index contributed by atoms with van der Waals surface area (Å²) in [6.45, 7) is 0.886. The van der Waals surface area contributed by atoms with Gasteiger partial charge in [0, 0.05) is 48.5 Å². The van der Waals surface area contributed by atoms with Gasteiger partial charge in [0.2, 0.25) is 0 Å². The van der Waals surface area contributed by atoms with E-state index in [1.54, 1.807) is 36.4 Å². The van der Waals surface area contributed by atoms with Crippen LogP contribution < -0.4 is 20.7 Å². The van der Waals surface area contributed by atoms with E-state index in [0.717, 1.165) is 31.2 Å². The predicted molar refractivity (Wildman–Crippen MR) is 140 cm³/mol. The normalized spacial score (nSPS) is 12.9. The maximum absolute atomic E-state index is 12.8. The predicted octanol–water partition coefficient (Wildman–Crippen LogP) is 6.54. The molecule has 0 N–H and O–H groups in total. The third kappa shape index (κ3) is 4.34. The molecule has 0 saturated carbocycles. The summed E-state index contributed by atoms with van der Waals surface area (Å²) in [7, 11) is 0. The van der Waals surface area contributed by atoms with Crippen LogP contribution in [-0.4, -0.2) is 6.79 Å². The molecule has 0 fully saturated rings. The van der Waals surface area contributed by atoms with Crippen molar-refractivity contribution < 1.29 is 23.0 Å². The Morgan fingerprint density at radius 1 is 0.833 bits per heavy atom. The Bertz CT molecular complexity index is 1770. The van der Waals surface area contributed by atoms with Crippen molar-refractivity contribution in [1.29, 1.82) is 0 Å². The largest absolute Gasteiger partial charge is 0.489 e. The molecule has 0 bridgehead atoms. The van der Waals surface area contributed by atoms with Gasteiger partial charge in [0.1, 0.15) is 29.3 Å². The average Bonchev–Trinajstić information content (AvgIpc) is 2.86. The fraction of sp³-hybridized carbons (Fsp3) is 0.111. The van der Waals surface area contributed by atoms with Crippen molar-refractivity contribution in [3.05, 3.63) is 102 Å². The minimum absolute atomic E-state index is 0.186. The highest BCUT2D eigenvalue weighted by molar-refractivity contribution is 9.10. The van der Waals surface area contributed by atoms with E-state index in [1.165, 1.54) is 6.07 Å². The highest BCUT2D eigenvalue weighted by Gasteiger charge is 2.18. The molecule has 0 atom stereocenters. The molecule has 6 rings (SSSR count). The Morgan fingerprint density at radius 2 is 1.72 bits per heavy atom. The summed E-state index contributed by atoms with van der Waals surface area (Å²) in [5, 5.41) is 1.31. The van der Waals surface area contributed by atoms with Crippen molar-refractivity contribution in [2.24, 2.45) is 0 Å². The third-order valence-corrected chi connectivity index (χ3v) is 6.80. The van der Waals surface area contributed by atoms with E-state index in [1.807, 2.05) is 18.2 Å². The number of rotatable bonds is 4. The first-order valence-corrected chi connectivity index (χ1v) is 12.5. The lowest BCUT2D eigenvalue weighted by molar-refractivity contribution is -0.0176. The quantitative estimate of drug-likeness (QED) is 0.213. The van der Waals surface area contributed by atoms with Crippen LogP contribution in [0.25, 0.3) is 33.1 Å². The molecule has 0 saturated heterocycles. The van der Waals surface area contributed by atoms with Gasteiger partial charge in [-0.2, -0.15) is 0 Å². The zero-order chi connectivity index (χ0) is 24.8. The van der Waals surface area contributed by atoms with Gasteiger partial charge < -0.3 is 23.0 Å². The molecule has 0 aliphatic carbocycles. The first kappa shape index (κ1) is 23.0. The van der Waals surface area contributed by atoms with Crippen LogP contribution in [0.4, 0.5) is 0 Å². The first-order valence-electron chi connectivity index (χ1n) is 10.9. The molecular weight excluding hydrogens is 596 g/mol. The van der Waals surface area contributed by atoms with Gasteiger partial charge >= 0.3 is 11.3 Å². The van der Waals surface area contributed by atoms with Gasteiger partial charge in [-0.1, -0.05) is 31.9 Å². The van der Waals surface area contributed by atoms with Gasteiger partial charge in [-0.25, -0.2) is 9.59 Å². The van der Waals surface area contributed by atoms with Crippen molar-refractivity contribution in [3.63, 3.8) is 0 Å². The van der Waals surface area contributed by atoms with Crippen LogP contribution in [-0.2, 0) is 18.0 Å². The van der Waals surface area contributed by atoms with Crippen LogP contribution in [0.2, 0.25) is 0 Å². The molecule has 0 spiro atoms. The molecule has 1 aliphatic rings. The topological polar surface area (TPSA) is 88.1 Å². The van der Waals surface area contributed by atoms with Gasteiger partial charge in [-0.15, -0.1) is 0 Å². The van der Waals surface area contributed by atoms with Gasteiger partial charge in [-0.05, 0) is 48.5 Å². The Morgan fingerprint density at radius 3 is 2.61 bits per heavy atom. The third-order valence-electron chi connectivity index (χ3n) is 5.85. The summed E-state index contributed by atoms with van der Waals surface area (Å²) in [6.07, 6.45) is 0. The molecule has 9 heteroatoms. The van der Waals surface area contributed by atoms with Crippen molar-refractivity contribution >= 4 is 53.8 Å². The SMILES string of the molecule is O=c1cc(-c2cc3cc(Br)ccc3oc2=O)c2ccc(OCc3cc(Br)cc4c3OCOC4)cc2o1. The van der Waals surface area contributed by atoms with E-state index >= 15 is 0 Å². The second-order valence-electron chi connectivity index (χ2n) is 8.22. The lowest BCUT2D eigenvalue weighted by Gasteiger charge is -2.21. The van der Waals surface area contributed by atoms with Gasteiger partial charge in [0.05, 0.1) is 12.2 Å². The van der Waals surface area contributed by atoms with Crippen molar-refractivity contribution in [1.82, 2.24) is 0 Å². The molecule has 3 heterocycles. The number of halogens is 2. The highest BCUT2D eigenvalue weighted by atomic mass is 79.9. The molecule has 36 heavy (non-hydrogen) atoms. The number of hydrogen-bond acceptors (Lipinski definition) is 7. The second-order valence-corrected chi connectivity index (χ2v) is 10.1. The molecule has 5 aromatic rings. The fourth-order valence-electron chi connectivity index (χ4n) is 4.26. The van der Waals surface area contributed by atoms with Crippen LogP contribution >= 0.6 is 31.9 Å². The van der Waals surface area contributed by atoms with Crippen LogP contribution in [0.15, 0.2) is 88.0 Å². The molecule has 3 aromatic carbocycles. The summed E-state index contributed by atoms with van der Waals surface area (Å²) >= 11 is 6.94. The number of ether oxygens (including phenoxy) is 3. The Kier molecular flexibility index (Phi) is 5.91. The number of hydrogen-bond donors (Lipinski definition) is 0. The van der Waals surface area contributed by atoms with E-state index in [-0.39, 0.29) is 19.0 Å². The maximum atomic E-state index is 12.8. The Hall–Kier alpha value is -3.40. The molecular formula is C27H16Br2O7. The van der Waals surface area contributed by atoms with Crippen LogP contribution in [0, 0.1) is 0 Å². The van der Waals surface area contributed by atoms with Crippen molar-refractivity contribution in [3.8, 4) is 22.6 Å². The average molecular weight is 612 g/mol. The minimum Gasteiger partial charge on any atom is -0.489 e. The van der Waals surface area contributed by atoms with E-state index in [4.69, 9.17) is 23.0 Å². The first-order chi connectivity index (χ1) is 17.4. The smallest absolute Gasteiger partial charge is 0.344 e. The summed E-state index contributed by atoms with van der Waals surface area (Å²) in [5.74, 6) is 1.24. The zero-order valence-electron chi connectivity index (χ0n) is 18.5. The lowest BCUT2D eigenvalue weighted by Crippen LogP contribution is -2.14.